The van der Waals surface area contributed by atoms with E-state index in [1.807, 2.05) is 0 Å². The molecule has 0 saturated heterocycles. The lowest BCUT2D eigenvalue weighted by molar-refractivity contribution is -0.385. The van der Waals surface area contributed by atoms with Gasteiger partial charge < -0.3 is 9.47 Å². The van der Waals surface area contributed by atoms with Crippen molar-refractivity contribution in [3.8, 4) is 11.5 Å². The van der Waals surface area contributed by atoms with Gasteiger partial charge >= 0.3 is 0 Å². The molecule has 2 rings (SSSR count). The van der Waals surface area contributed by atoms with Crippen molar-refractivity contribution in [3.05, 3.63) is 27.3 Å². The molecule has 0 bridgehead atoms. The van der Waals surface area contributed by atoms with Gasteiger partial charge in [0.15, 0.2) is 11.5 Å². The maximum atomic E-state index is 10.8. The lowest BCUT2D eigenvalue weighted by Crippen LogP contribution is -2.17. The molecule has 0 spiro atoms. The molecule has 5 nitrogen and oxygen atoms in total. The van der Waals surface area contributed by atoms with Crippen LogP contribution in [0.4, 0.5) is 5.69 Å². The fraction of sp³-hybridized carbons (Fsp3) is 0.400. The highest BCUT2D eigenvalue weighted by atomic mass is 16.6. The highest BCUT2D eigenvalue weighted by Crippen LogP contribution is 2.41. The van der Waals surface area contributed by atoms with E-state index in [9.17, 15) is 10.1 Å². The molecule has 0 aliphatic carbocycles. The van der Waals surface area contributed by atoms with E-state index in [4.69, 9.17) is 9.47 Å². The summed E-state index contributed by atoms with van der Waals surface area (Å²) in [5.74, 6) is 1.14. The van der Waals surface area contributed by atoms with Gasteiger partial charge in [-0.05, 0) is 13.8 Å². The van der Waals surface area contributed by atoms with Gasteiger partial charge in [-0.3, -0.25) is 10.1 Å². The van der Waals surface area contributed by atoms with Crippen LogP contribution >= 0.6 is 0 Å². The SMILES string of the molecule is Cc1cc([N+](=O)[O-])c(C)c2c1OCCO2. The Morgan fingerprint density at radius 1 is 1.27 bits per heavy atom. The van der Waals surface area contributed by atoms with Crippen LogP contribution in [-0.2, 0) is 0 Å². The van der Waals surface area contributed by atoms with Gasteiger partial charge in [0.25, 0.3) is 5.69 Å². The van der Waals surface area contributed by atoms with Crippen molar-refractivity contribution in [2.45, 2.75) is 13.8 Å². The smallest absolute Gasteiger partial charge is 0.276 e. The predicted molar refractivity (Wildman–Crippen MR) is 53.6 cm³/mol. The monoisotopic (exact) mass is 209 g/mol. The van der Waals surface area contributed by atoms with Crippen molar-refractivity contribution in [1.82, 2.24) is 0 Å². The topological polar surface area (TPSA) is 61.6 Å². The van der Waals surface area contributed by atoms with E-state index in [0.717, 1.165) is 5.56 Å². The number of nitro benzene ring substituents is 1. The molecule has 0 unspecified atom stereocenters. The Balaban J connectivity index is 2.64. The molecule has 0 saturated carbocycles. The molecule has 0 atom stereocenters. The Morgan fingerprint density at radius 2 is 1.87 bits per heavy atom. The number of nitro groups is 1. The van der Waals surface area contributed by atoms with Crippen LogP contribution in [0, 0.1) is 24.0 Å². The highest BCUT2D eigenvalue weighted by Gasteiger charge is 2.24. The lowest BCUT2D eigenvalue weighted by atomic mass is 10.1. The van der Waals surface area contributed by atoms with Gasteiger partial charge in [-0.15, -0.1) is 0 Å². The summed E-state index contributed by atoms with van der Waals surface area (Å²) in [5, 5.41) is 10.8. The first-order chi connectivity index (χ1) is 7.11. The van der Waals surface area contributed by atoms with Crippen LogP contribution in [-0.4, -0.2) is 18.1 Å². The van der Waals surface area contributed by atoms with Crippen molar-refractivity contribution >= 4 is 5.69 Å². The van der Waals surface area contributed by atoms with Gasteiger partial charge in [0.1, 0.15) is 13.2 Å². The van der Waals surface area contributed by atoms with Crippen LogP contribution in [0.1, 0.15) is 11.1 Å². The number of ether oxygens (including phenoxy) is 2. The van der Waals surface area contributed by atoms with Crippen LogP contribution < -0.4 is 9.47 Å². The van der Waals surface area contributed by atoms with Crippen LogP contribution in [0.2, 0.25) is 0 Å². The van der Waals surface area contributed by atoms with E-state index in [1.165, 1.54) is 6.07 Å². The standard InChI is InChI=1S/C10H11NO4/c1-6-5-8(11(12)13)7(2)10-9(6)14-3-4-15-10/h5H,3-4H2,1-2H3. The van der Waals surface area contributed by atoms with Gasteiger partial charge in [0.05, 0.1) is 10.5 Å². The molecule has 15 heavy (non-hydrogen) atoms. The Kier molecular flexibility index (Phi) is 2.22. The zero-order valence-electron chi connectivity index (χ0n) is 8.57. The zero-order chi connectivity index (χ0) is 11.0. The summed E-state index contributed by atoms with van der Waals surface area (Å²) in [6, 6.07) is 1.52. The quantitative estimate of drug-likeness (QED) is 0.524. The normalized spacial score (nSPS) is 13.7. The maximum Gasteiger partial charge on any atom is 0.276 e. The fourth-order valence-corrected chi connectivity index (χ4v) is 1.67. The van der Waals surface area contributed by atoms with E-state index in [-0.39, 0.29) is 5.69 Å². The minimum atomic E-state index is -0.402. The van der Waals surface area contributed by atoms with E-state index in [1.54, 1.807) is 13.8 Å². The first-order valence-electron chi connectivity index (χ1n) is 4.65. The number of hydrogen-bond donors (Lipinski definition) is 0. The maximum absolute atomic E-state index is 10.8. The van der Waals surface area contributed by atoms with Crippen molar-refractivity contribution < 1.29 is 14.4 Å². The molecule has 0 fully saturated rings. The molecular weight excluding hydrogens is 198 g/mol. The van der Waals surface area contributed by atoms with Crippen molar-refractivity contribution in [2.24, 2.45) is 0 Å². The first kappa shape index (κ1) is 9.76. The second kappa shape index (κ2) is 3.42. The average molecular weight is 209 g/mol. The van der Waals surface area contributed by atoms with E-state index >= 15 is 0 Å². The summed E-state index contributed by atoms with van der Waals surface area (Å²) in [7, 11) is 0. The molecular formula is C10H11NO4. The van der Waals surface area contributed by atoms with Gasteiger partial charge in [-0.25, -0.2) is 0 Å². The second-order valence-electron chi connectivity index (χ2n) is 3.45. The zero-order valence-corrected chi connectivity index (χ0v) is 8.57. The Bertz CT molecular complexity index is 428. The fourth-order valence-electron chi connectivity index (χ4n) is 1.67. The van der Waals surface area contributed by atoms with E-state index in [0.29, 0.717) is 30.3 Å². The van der Waals surface area contributed by atoms with Gasteiger partial charge in [0.2, 0.25) is 0 Å². The summed E-state index contributed by atoms with van der Waals surface area (Å²) >= 11 is 0. The number of benzene rings is 1. The highest BCUT2D eigenvalue weighted by molar-refractivity contribution is 5.60. The minimum absolute atomic E-state index is 0.0803. The molecule has 0 amide bonds. The van der Waals surface area contributed by atoms with Crippen LogP contribution in [0.15, 0.2) is 6.07 Å². The lowest BCUT2D eigenvalue weighted by Gasteiger charge is -2.21. The summed E-state index contributed by atoms with van der Waals surface area (Å²) in [5.41, 5.74) is 1.35. The summed E-state index contributed by atoms with van der Waals surface area (Å²) in [6.45, 7) is 4.38. The van der Waals surface area contributed by atoms with Crippen LogP contribution in [0.3, 0.4) is 0 Å². The summed E-state index contributed by atoms with van der Waals surface area (Å²) in [4.78, 5) is 10.4. The van der Waals surface area contributed by atoms with E-state index in [2.05, 4.69) is 0 Å². The Morgan fingerprint density at radius 3 is 2.47 bits per heavy atom. The molecule has 1 aliphatic rings. The number of fused-ring (bicyclic) bond motifs is 1. The molecule has 0 N–H and O–H groups in total. The number of aryl methyl sites for hydroxylation is 1. The van der Waals surface area contributed by atoms with Crippen molar-refractivity contribution in [1.29, 1.82) is 0 Å². The molecule has 0 aromatic heterocycles. The second-order valence-corrected chi connectivity index (χ2v) is 3.45. The van der Waals surface area contributed by atoms with Crippen LogP contribution in [0.25, 0.3) is 0 Å². The Hall–Kier alpha value is -1.78. The third-order valence-electron chi connectivity index (χ3n) is 2.42. The van der Waals surface area contributed by atoms with Gasteiger partial charge in [0, 0.05) is 11.6 Å². The molecule has 0 radical (unpaired) electrons. The van der Waals surface area contributed by atoms with Crippen molar-refractivity contribution in [2.75, 3.05) is 13.2 Å². The molecule has 80 valence electrons. The summed E-state index contributed by atoms with van der Waals surface area (Å²) in [6.07, 6.45) is 0. The van der Waals surface area contributed by atoms with E-state index < -0.39 is 4.92 Å². The summed E-state index contributed by atoms with van der Waals surface area (Å²) < 4.78 is 10.8. The third-order valence-corrected chi connectivity index (χ3v) is 2.42. The van der Waals surface area contributed by atoms with Gasteiger partial charge in [-0.1, -0.05) is 0 Å². The third kappa shape index (κ3) is 1.49. The Labute approximate surface area is 86.8 Å². The first-order valence-corrected chi connectivity index (χ1v) is 4.65. The number of hydrogen-bond acceptors (Lipinski definition) is 4. The molecule has 1 aliphatic heterocycles. The minimum Gasteiger partial charge on any atom is -0.486 e. The predicted octanol–water partition coefficient (Wildman–Crippen LogP) is 1.98. The van der Waals surface area contributed by atoms with Crippen molar-refractivity contribution in [3.63, 3.8) is 0 Å². The number of rotatable bonds is 1. The molecule has 1 heterocycles. The molecule has 1 aromatic carbocycles. The number of nitrogens with zero attached hydrogens (tertiary/aromatic N) is 1. The molecule has 1 aromatic rings. The molecule has 5 heteroatoms. The van der Waals surface area contributed by atoms with Gasteiger partial charge in [-0.2, -0.15) is 0 Å². The average Bonchev–Trinajstić information content (AvgIpc) is 2.23. The van der Waals surface area contributed by atoms with Crippen LogP contribution in [0.5, 0.6) is 11.5 Å². The largest absolute Gasteiger partial charge is 0.486 e.